The van der Waals surface area contributed by atoms with Crippen LogP contribution in [0.3, 0.4) is 0 Å². The number of amides is 1. The van der Waals surface area contributed by atoms with Gasteiger partial charge in [0.2, 0.25) is 0 Å². The quantitative estimate of drug-likeness (QED) is 0.0835. The summed E-state index contributed by atoms with van der Waals surface area (Å²) >= 11 is 0. The number of likely N-dealkylation sites (N-methyl/N-ethyl adjacent to an activating group) is 1. The lowest BCUT2D eigenvalue weighted by molar-refractivity contribution is -0.917. The van der Waals surface area contributed by atoms with Crippen molar-refractivity contribution in [3.8, 4) is 0 Å². The maximum Gasteiger partial charge on any atom is 0.410 e. The normalized spacial score (nSPS) is 33.8. The van der Waals surface area contributed by atoms with Gasteiger partial charge in [0.1, 0.15) is 24.8 Å². The number of aliphatic hydroxyl groups excluding tert-OH is 1. The highest BCUT2D eigenvalue weighted by Gasteiger charge is 2.45. The molecule has 2 saturated heterocycles. The molecule has 2 fully saturated rings. The highest BCUT2D eigenvalue weighted by Crippen LogP contribution is 2.36. The van der Waals surface area contributed by atoms with Crippen LogP contribution in [-0.4, -0.2) is 121 Å². The van der Waals surface area contributed by atoms with Crippen LogP contribution in [0.1, 0.15) is 87.0 Å². The van der Waals surface area contributed by atoms with Gasteiger partial charge in [-0.05, 0) is 63.0 Å². The molecule has 0 bridgehead atoms. The number of epoxide rings is 1. The molecule has 0 aromatic carbocycles. The van der Waals surface area contributed by atoms with Crippen LogP contribution in [0.2, 0.25) is 0 Å². The number of aliphatic hydroxyl groups is 2. The van der Waals surface area contributed by atoms with Crippen molar-refractivity contribution in [2.24, 2.45) is 23.7 Å². The largest absolute Gasteiger partial charge is 0.457 e. The number of esters is 1. The van der Waals surface area contributed by atoms with Crippen LogP contribution >= 0.6 is 0 Å². The molecule has 49 heavy (non-hydrogen) atoms. The van der Waals surface area contributed by atoms with Crippen molar-refractivity contribution in [2.45, 2.75) is 123 Å². The predicted octanol–water partition coefficient (Wildman–Crippen LogP) is 5.67. The van der Waals surface area contributed by atoms with E-state index in [-0.39, 0.29) is 54.4 Å². The molecule has 0 aromatic heterocycles. The summed E-state index contributed by atoms with van der Waals surface area (Å²) in [5.74, 6) is -0.102. The molecule has 3 aliphatic rings. The first-order chi connectivity index (χ1) is 23.0. The van der Waals surface area contributed by atoms with Crippen LogP contribution in [0.25, 0.3) is 0 Å². The molecule has 2 N–H and O–H groups in total. The zero-order chi connectivity index (χ0) is 36.4. The Morgan fingerprint density at radius 3 is 2.59 bits per heavy atom. The predicted molar refractivity (Wildman–Crippen MR) is 192 cm³/mol. The number of carbonyl (C=O) groups is 2. The molecule has 0 aliphatic carbocycles. The summed E-state index contributed by atoms with van der Waals surface area (Å²) in [6, 6.07) is 0. The van der Waals surface area contributed by atoms with Crippen molar-refractivity contribution in [3.05, 3.63) is 36.0 Å². The molecule has 0 unspecified atom stereocenters. The van der Waals surface area contributed by atoms with Crippen molar-refractivity contribution >= 4 is 12.1 Å². The fraction of sp³-hybridized carbons (Fsp3) is 0.795. The van der Waals surface area contributed by atoms with Gasteiger partial charge in [-0.3, -0.25) is 4.79 Å². The molecular formula is C39H67N2O8+. The van der Waals surface area contributed by atoms with Gasteiger partial charge in [0.15, 0.2) is 6.10 Å². The second kappa shape index (κ2) is 18.8. The molecule has 10 nitrogen and oxygen atoms in total. The number of carbonyl (C=O) groups excluding carboxylic acids is 2. The lowest BCUT2D eigenvalue weighted by Gasteiger charge is -2.38. The van der Waals surface area contributed by atoms with Gasteiger partial charge in [-0.2, -0.15) is 0 Å². The molecule has 0 radical (unpaired) electrons. The van der Waals surface area contributed by atoms with Crippen molar-refractivity contribution < 1.29 is 43.2 Å². The summed E-state index contributed by atoms with van der Waals surface area (Å²) in [4.78, 5) is 27.9. The molecule has 280 valence electrons. The summed E-state index contributed by atoms with van der Waals surface area (Å²) in [6.07, 6.45) is 11.5. The lowest BCUT2D eigenvalue weighted by atomic mass is 9.87. The summed E-state index contributed by atoms with van der Waals surface area (Å²) in [5, 5.41) is 21.7. The number of hydrogen-bond acceptors (Lipinski definition) is 8. The Balaban J connectivity index is 1.67. The van der Waals surface area contributed by atoms with Crippen LogP contribution in [0.15, 0.2) is 36.0 Å². The Morgan fingerprint density at radius 2 is 1.92 bits per heavy atom. The van der Waals surface area contributed by atoms with E-state index in [1.54, 1.807) is 24.9 Å². The summed E-state index contributed by atoms with van der Waals surface area (Å²) in [6.45, 7) is 18.8. The topological polar surface area (TPSA) is 118 Å². The van der Waals surface area contributed by atoms with Crippen molar-refractivity contribution in [2.75, 3.05) is 53.5 Å². The third kappa shape index (κ3) is 13.1. The average molecular weight is 692 g/mol. The van der Waals surface area contributed by atoms with E-state index in [9.17, 15) is 19.8 Å². The third-order valence-electron chi connectivity index (χ3n) is 10.9. The number of hydrogen-bond donors (Lipinski definition) is 2. The molecule has 0 aromatic rings. The Kier molecular flexibility index (Phi) is 15.8. The van der Waals surface area contributed by atoms with E-state index in [4.69, 9.17) is 18.9 Å². The summed E-state index contributed by atoms with van der Waals surface area (Å²) in [5.41, 5.74) is -0.414. The van der Waals surface area contributed by atoms with E-state index in [1.807, 2.05) is 52.8 Å². The summed E-state index contributed by atoms with van der Waals surface area (Å²) in [7, 11) is 3.97. The van der Waals surface area contributed by atoms with E-state index in [0.29, 0.717) is 19.4 Å². The second-order valence-corrected chi connectivity index (χ2v) is 15.8. The molecule has 10 heteroatoms. The Morgan fingerprint density at radius 1 is 1.22 bits per heavy atom. The van der Waals surface area contributed by atoms with Crippen LogP contribution in [0, 0.1) is 23.7 Å². The molecule has 10 atom stereocenters. The second-order valence-electron chi connectivity index (χ2n) is 15.8. The maximum absolute atomic E-state index is 13.3. The first kappa shape index (κ1) is 41.2. The highest BCUT2D eigenvalue weighted by atomic mass is 16.6. The van der Waals surface area contributed by atoms with E-state index >= 15 is 0 Å². The van der Waals surface area contributed by atoms with E-state index in [1.165, 1.54) is 0 Å². The molecular weight excluding hydrogens is 624 g/mol. The number of allylic oxidation sites excluding steroid dienone is 3. The molecule has 3 heterocycles. The molecule has 3 rings (SSSR count). The van der Waals surface area contributed by atoms with Crippen LogP contribution in [0.5, 0.6) is 0 Å². The van der Waals surface area contributed by atoms with Gasteiger partial charge < -0.3 is 38.5 Å². The fourth-order valence-electron chi connectivity index (χ4n) is 6.95. The lowest BCUT2D eigenvalue weighted by Crippen LogP contribution is -2.53. The minimum Gasteiger partial charge on any atom is -0.457 e. The van der Waals surface area contributed by atoms with E-state index in [0.717, 1.165) is 62.2 Å². The number of rotatable bonds is 13. The SMILES string of the molecule is CC[C@H](O)[C@@H](C)[C@H]1O[C@@H]1C[C@H](C)/C=C/C=C(\C)[C@H]1OC(=O)C[C@H](C)CC[C@@](C)(O)[C@@H](OC(=O)N(C)CCC[N+]2(C)CCOCC2)/C=C/[C@@H]1C. The van der Waals surface area contributed by atoms with Gasteiger partial charge in [-0.15, -0.1) is 0 Å². The standard InChI is InChI=1S/C39H67N2O8/c1-10-32(42)31(6)37-33(47-37)25-27(2)13-11-14-29(4)36-30(5)15-16-34(39(7,45)18-17-28(3)26-35(43)49-36)48-38(44)40(8)19-12-20-41(9)21-23-46-24-22-41/h11,13-16,27-28,30-34,36-37,42,45H,10,12,17-26H2,1-9H3/q+1/b13-11+,16-15+,29-14+/t27-,28-,30+,31-,32+,33-,34+,36-,37-,39-/m1/s1. The minimum absolute atomic E-state index is 0.0123. The monoisotopic (exact) mass is 691 g/mol. The van der Waals surface area contributed by atoms with Crippen LogP contribution in [-0.2, 0) is 23.7 Å². The van der Waals surface area contributed by atoms with Crippen LogP contribution < -0.4 is 0 Å². The Labute approximate surface area is 296 Å². The van der Waals surface area contributed by atoms with E-state index < -0.39 is 23.9 Å². The maximum atomic E-state index is 13.3. The first-order valence-corrected chi connectivity index (χ1v) is 18.7. The van der Waals surface area contributed by atoms with Gasteiger partial charge in [0, 0.05) is 38.3 Å². The Bertz CT molecular complexity index is 1150. The number of quaternary nitrogens is 1. The van der Waals surface area contributed by atoms with Crippen molar-refractivity contribution in [1.82, 2.24) is 4.90 Å². The Hall–Kier alpha value is -2.24. The zero-order valence-corrected chi connectivity index (χ0v) is 31.8. The minimum atomic E-state index is -1.31. The van der Waals surface area contributed by atoms with Gasteiger partial charge >= 0.3 is 12.1 Å². The summed E-state index contributed by atoms with van der Waals surface area (Å²) < 4.78 is 24.4. The van der Waals surface area contributed by atoms with Crippen molar-refractivity contribution in [1.29, 1.82) is 0 Å². The highest BCUT2D eigenvalue weighted by molar-refractivity contribution is 5.70. The van der Waals surface area contributed by atoms with Crippen molar-refractivity contribution in [3.63, 3.8) is 0 Å². The molecule has 1 amide bonds. The third-order valence-corrected chi connectivity index (χ3v) is 10.9. The molecule has 0 spiro atoms. The fourth-order valence-corrected chi connectivity index (χ4v) is 6.95. The number of morpholine rings is 1. The van der Waals surface area contributed by atoms with Crippen LogP contribution in [0.4, 0.5) is 4.79 Å². The van der Waals surface area contributed by atoms with Gasteiger partial charge in [-0.1, -0.05) is 58.9 Å². The molecule has 3 aliphatic heterocycles. The van der Waals surface area contributed by atoms with E-state index in [2.05, 4.69) is 20.0 Å². The average Bonchev–Trinajstić information content (AvgIpc) is 3.81. The van der Waals surface area contributed by atoms with Gasteiger partial charge in [-0.25, -0.2) is 4.79 Å². The first-order valence-electron chi connectivity index (χ1n) is 18.7. The molecule has 0 saturated carbocycles. The number of ether oxygens (including phenoxy) is 4. The zero-order valence-electron chi connectivity index (χ0n) is 31.8. The smallest absolute Gasteiger partial charge is 0.410 e. The number of nitrogens with zero attached hydrogens (tertiary/aromatic N) is 2. The van der Waals surface area contributed by atoms with Gasteiger partial charge in [0.25, 0.3) is 0 Å². The number of cyclic esters (lactones) is 1. The van der Waals surface area contributed by atoms with Gasteiger partial charge in [0.05, 0.1) is 45.1 Å².